The molecule has 0 saturated carbocycles. The fourth-order valence-electron chi connectivity index (χ4n) is 1.29. The fourth-order valence-corrected chi connectivity index (χ4v) is 1.29. The summed E-state index contributed by atoms with van der Waals surface area (Å²) in [5.74, 6) is 0.537. The maximum absolute atomic E-state index is 8.68. The van der Waals surface area contributed by atoms with Gasteiger partial charge >= 0.3 is 0 Å². The number of anilines is 2. The number of pyridine rings is 1. The first-order chi connectivity index (χ1) is 8.29. The number of nitrogens with zero attached hydrogens (tertiary/aromatic N) is 4. The quantitative estimate of drug-likeness (QED) is 0.807. The number of nitrogens with one attached hydrogen (secondary N) is 1. The monoisotopic (exact) mass is 226 g/mol. The first-order valence-corrected chi connectivity index (χ1v) is 4.95. The Morgan fingerprint density at radius 2 is 2.35 bits per heavy atom. The van der Waals surface area contributed by atoms with E-state index < -0.39 is 0 Å². The smallest absolute Gasteiger partial charge is 0.149 e. The van der Waals surface area contributed by atoms with Gasteiger partial charge in [-0.25, -0.2) is 4.98 Å². The van der Waals surface area contributed by atoms with Crippen molar-refractivity contribution < 1.29 is 0 Å². The summed E-state index contributed by atoms with van der Waals surface area (Å²) in [7, 11) is 0. The number of rotatable bonds is 3. The van der Waals surface area contributed by atoms with Gasteiger partial charge in [-0.3, -0.25) is 0 Å². The molecule has 2 heterocycles. The molecule has 0 amide bonds. The molecule has 0 radical (unpaired) electrons. The zero-order chi connectivity index (χ0) is 12.1. The van der Waals surface area contributed by atoms with Gasteiger partial charge in [0.15, 0.2) is 0 Å². The summed E-state index contributed by atoms with van der Waals surface area (Å²) in [6, 6.07) is 7.20. The van der Waals surface area contributed by atoms with Crippen molar-refractivity contribution in [2.45, 2.75) is 6.54 Å². The van der Waals surface area contributed by atoms with E-state index >= 15 is 0 Å². The molecule has 3 N–H and O–H groups in total. The summed E-state index contributed by atoms with van der Waals surface area (Å²) in [4.78, 5) is 4.06. The van der Waals surface area contributed by atoms with E-state index in [0.717, 1.165) is 5.69 Å². The summed E-state index contributed by atoms with van der Waals surface area (Å²) in [5.41, 5.74) is 7.41. The Morgan fingerprint density at radius 3 is 3.00 bits per heavy atom. The zero-order valence-corrected chi connectivity index (χ0v) is 8.96. The van der Waals surface area contributed by atoms with Gasteiger partial charge in [-0.1, -0.05) is 0 Å². The number of nitrogens with two attached hydrogens (primary N) is 1. The molecule has 2 rings (SSSR count). The molecule has 0 spiro atoms. The van der Waals surface area contributed by atoms with Crippen LogP contribution in [0, 0.1) is 11.3 Å². The van der Waals surface area contributed by atoms with Crippen LogP contribution in [0.5, 0.6) is 0 Å². The van der Waals surface area contributed by atoms with Gasteiger partial charge in [0.2, 0.25) is 0 Å². The molecule has 0 fully saturated rings. The van der Waals surface area contributed by atoms with E-state index in [-0.39, 0.29) is 0 Å². The first kappa shape index (κ1) is 10.8. The highest BCUT2D eigenvalue weighted by molar-refractivity contribution is 5.62. The van der Waals surface area contributed by atoms with Crippen LogP contribution in [-0.4, -0.2) is 15.2 Å². The highest BCUT2D eigenvalue weighted by atomic mass is 15.1. The zero-order valence-electron chi connectivity index (χ0n) is 8.96. The van der Waals surface area contributed by atoms with Crippen LogP contribution in [-0.2, 0) is 6.54 Å². The minimum atomic E-state index is 0.438. The Hall–Kier alpha value is -2.68. The molecule has 0 aliphatic carbocycles. The highest BCUT2D eigenvalue weighted by Gasteiger charge is 2.02. The van der Waals surface area contributed by atoms with Crippen LogP contribution in [0.1, 0.15) is 11.3 Å². The SMILES string of the molecule is N#Cc1cnc(NCc2cccnn2)c(N)c1. The van der Waals surface area contributed by atoms with Crippen LogP contribution in [0.4, 0.5) is 11.5 Å². The van der Waals surface area contributed by atoms with E-state index in [1.54, 1.807) is 18.3 Å². The van der Waals surface area contributed by atoms with E-state index in [0.29, 0.717) is 23.6 Å². The van der Waals surface area contributed by atoms with Crippen LogP contribution in [0.2, 0.25) is 0 Å². The van der Waals surface area contributed by atoms with Crippen molar-refractivity contribution in [3.63, 3.8) is 0 Å². The molecule has 2 aromatic heterocycles. The summed E-state index contributed by atoms with van der Waals surface area (Å²) in [5, 5.41) is 19.4. The van der Waals surface area contributed by atoms with Gasteiger partial charge in [-0.15, -0.1) is 0 Å². The van der Waals surface area contributed by atoms with Crippen LogP contribution in [0.25, 0.3) is 0 Å². The maximum atomic E-state index is 8.68. The van der Waals surface area contributed by atoms with E-state index in [2.05, 4.69) is 20.5 Å². The van der Waals surface area contributed by atoms with Crippen LogP contribution >= 0.6 is 0 Å². The van der Waals surface area contributed by atoms with Gasteiger partial charge in [-0.05, 0) is 18.2 Å². The van der Waals surface area contributed by atoms with Crippen molar-refractivity contribution in [3.05, 3.63) is 41.9 Å². The van der Waals surface area contributed by atoms with E-state index in [1.165, 1.54) is 6.20 Å². The molecule has 6 heteroatoms. The third-order valence-corrected chi connectivity index (χ3v) is 2.11. The second kappa shape index (κ2) is 4.90. The number of nitrogen functional groups attached to an aromatic ring is 1. The second-order valence-electron chi connectivity index (χ2n) is 3.34. The minimum Gasteiger partial charge on any atom is -0.396 e. The van der Waals surface area contributed by atoms with Crippen molar-refractivity contribution in [2.24, 2.45) is 0 Å². The number of hydrogen-bond donors (Lipinski definition) is 2. The van der Waals surface area contributed by atoms with Gasteiger partial charge in [-0.2, -0.15) is 15.5 Å². The molecule has 0 saturated heterocycles. The molecule has 0 unspecified atom stereocenters. The van der Waals surface area contributed by atoms with E-state index in [9.17, 15) is 0 Å². The lowest BCUT2D eigenvalue weighted by Gasteiger charge is -2.07. The third-order valence-electron chi connectivity index (χ3n) is 2.11. The average Bonchev–Trinajstić information content (AvgIpc) is 2.38. The Morgan fingerprint density at radius 1 is 1.47 bits per heavy atom. The molecular formula is C11H10N6. The van der Waals surface area contributed by atoms with Crippen molar-refractivity contribution in [1.82, 2.24) is 15.2 Å². The number of hydrogen-bond acceptors (Lipinski definition) is 6. The summed E-state index contributed by atoms with van der Waals surface area (Å²) < 4.78 is 0. The van der Waals surface area contributed by atoms with Gasteiger partial charge in [0.25, 0.3) is 0 Å². The molecule has 17 heavy (non-hydrogen) atoms. The molecule has 84 valence electrons. The molecule has 0 atom stereocenters. The highest BCUT2D eigenvalue weighted by Crippen LogP contribution is 2.16. The second-order valence-corrected chi connectivity index (χ2v) is 3.34. The summed E-state index contributed by atoms with van der Waals surface area (Å²) in [6.45, 7) is 0.483. The predicted octanol–water partition coefficient (Wildman–Crippen LogP) is 0.938. The Bertz CT molecular complexity index is 546. The summed E-state index contributed by atoms with van der Waals surface area (Å²) >= 11 is 0. The summed E-state index contributed by atoms with van der Waals surface area (Å²) in [6.07, 6.45) is 3.08. The standard InChI is InChI=1S/C11H10N6/c12-5-8-4-10(13)11(14-6-8)15-7-9-2-1-3-16-17-9/h1-4,6H,7,13H2,(H,14,15). The van der Waals surface area contributed by atoms with E-state index in [1.807, 2.05) is 12.1 Å². The Kier molecular flexibility index (Phi) is 3.12. The average molecular weight is 226 g/mol. The molecule has 0 aliphatic rings. The van der Waals surface area contributed by atoms with Crippen LogP contribution in [0.3, 0.4) is 0 Å². The van der Waals surface area contributed by atoms with Gasteiger partial charge in [0.05, 0.1) is 23.5 Å². The number of nitriles is 1. The molecular weight excluding hydrogens is 216 g/mol. The molecule has 0 bridgehead atoms. The maximum Gasteiger partial charge on any atom is 0.149 e. The Balaban J connectivity index is 2.08. The van der Waals surface area contributed by atoms with Gasteiger partial charge in [0, 0.05) is 12.4 Å². The molecule has 0 aromatic carbocycles. The lowest BCUT2D eigenvalue weighted by Crippen LogP contribution is -2.06. The van der Waals surface area contributed by atoms with Crippen molar-refractivity contribution in [2.75, 3.05) is 11.1 Å². The first-order valence-electron chi connectivity index (χ1n) is 4.95. The van der Waals surface area contributed by atoms with Crippen molar-refractivity contribution >= 4 is 11.5 Å². The lowest BCUT2D eigenvalue weighted by molar-refractivity contribution is 0.921. The lowest BCUT2D eigenvalue weighted by atomic mass is 10.2. The van der Waals surface area contributed by atoms with Crippen LogP contribution < -0.4 is 11.1 Å². The third kappa shape index (κ3) is 2.66. The largest absolute Gasteiger partial charge is 0.396 e. The van der Waals surface area contributed by atoms with Crippen molar-refractivity contribution in [3.8, 4) is 6.07 Å². The minimum absolute atomic E-state index is 0.438. The normalized spacial score (nSPS) is 9.59. The Labute approximate surface area is 98.1 Å². The molecule has 0 aliphatic heterocycles. The van der Waals surface area contributed by atoms with E-state index in [4.69, 9.17) is 11.0 Å². The van der Waals surface area contributed by atoms with Gasteiger partial charge in [0.1, 0.15) is 11.9 Å². The topological polar surface area (TPSA) is 101 Å². The van der Waals surface area contributed by atoms with Crippen molar-refractivity contribution in [1.29, 1.82) is 5.26 Å². The fraction of sp³-hybridized carbons (Fsp3) is 0.0909. The van der Waals surface area contributed by atoms with Crippen LogP contribution in [0.15, 0.2) is 30.6 Å². The van der Waals surface area contributed by atoms with Gasteiger partial charge < -0.3 is 11.1 Å². The molecule has 2 aromatic rings. The number of aromatic nitrogens is 3. The molecule has 6 nitrogen and oxygen atoms in total. The predicted molar refractivity (Wildman–Crippen MR) is 62.7 cm³/mol.